The van der Waals surface area contributed by atoms with Gasteiger partial charge in [0.1, 0.15) is 0 Å². The van der Waals surface area contributed by atoms with Crippen LogP contribution in [0.15, 0.2) is 267 Å². The molecule has 616 valence electrons. The summed E-state index contributed by atoms with van der Waals surface area (Å²) in [5, 5.41) is 0. The van der Waals surface area contributed by atoms with E-state index in [-0.39, 0.29) is 0 Å². The second-order valence-electron chi connectivity index (χ2n) is 36.7. The normalized spacial score (nSPS) is 19.1. The lowest BCUT2D eigenvalue weighted by Crippen LogP contribution is -2.50. The molecular weight excluding hydrogens is 1400 g/mol. The van der Waals surface area contributed by atoms with Crippen molar-refractivity contribution in [2.24, 2.45) is 0 Å². The highest BCUT2D eigenvalue weighted by Crippen LogP contribution is 2.49. The van der Waals surface area contributed by atoms with Gasteiger partial charge in [0.2, 0.25) is 0 Å². The zero-order valence-corrected chi connectivity index (χ0v) is 75.9. The van der Waals surface area contributed by atoms with Gasteiger partial charge >= 0.3 is 0 Å². The van der Waals surface area contributed by atoms with E-state index in [1.807, 2.05) is 24.3 Å². The fourth-order valence-corrected chi connectivity index (χ4v) is 20.9. The minimum absolute atomic E-state index is 0.375. The predicted octanol–water partition coefficient (Wildman–Crippen LogP) is 29.5. The van der Waals surface area contributed by atoms with Crippen LogP contribution >= 0.6 is 0 Å². The summed E-state index contributed by atoms with van der Waals surface area (Å²) in [5.74, 6) is 2.86. The third kappa shape index (κ3) is 24.1. The van der Waals surface area contributed by atoms with Crippen LogP contribution in [0.5, 0.6) is 0 Å². The molecule has 8 aliphatic rings. The molecular formula is C108H152B4N4. The number of hydrogen-bond acceptors (Lipinski definition) is 4. The molecule has 6 atom stereocenters. The van der Waals surface area contributed by atoms with Gasteiger partial charge < -0.3 is 19.2 Å². The summed E-state index contributed by atoms with van der Waals surface area (Å²) in [6.07, 6.45) is 71.6. The Hall–Kier alpha value is -7.18. The largest absolute Gasteiger partial charge is 0.333 e. The smallest absolute Gasteiger partial charge is 0.269 e. The molecule has 0 saturated carbocycles. The number of allylic oxidation sites excluding steroid dienone is 24. The Bertz CT molecular complexity index is 4210. The molecule has 0 aliphatic heterocycles. The lowest BCUT2D eigenvalue weighted by atomic mass is 9.43. The molecule has 8 heteroatoms. The van der Waals surface area contributed by atoms with E-state index in [2.05, 4.69) is 364 Å². The monoisotopic (exact) mass is 1550 g/mol. The summed E-state index contributed by atoms with van der Waals surface area (Å²) in [6, 6.07) is 40.3. The molecule has 0 fully saturated rings. The first kappa shape index (κ1) is 92.7. The summed E-state index contributed by atoms with van der Waals surface area (Å²) in [6.45, 7) is 59.2. The number of unbranched alkanes of at least 4 members (excludes halogenated alkanes) is 8. The predicted molar refractivity (Wildman–Crippen MR) is 521 cm³/mol. The Labute approximate surface area is 712 Å². The van der Waals surface area contributed by atoms with Crippen molar-refractivity contribution >= 4 is 49.3 Å². The Balaban J connectivity index is 0.000000178. The van der Waals surface area contributed by atoms with Gasteiger partial charge in [-0.15, -0.1) is 26.3 Å². The maximum absolute atomic E-state index is 3.95. The molecule has 12 rings (SSSR count). The van der Waals surface area contributed by atoms with Crippen LogP contribution in [-0.2, 0) is 12.8 Å². The van der Waals surface area contributed by atoms with Crippen LogP contribution in [0.4, 0.5) is 0 Å². The Morgan fingerprint density at radius 2 is 0.621 bits per heavy atom. The topological polar surface area (TPSA) is 13.0 Å². The van der Waals surface area contributed by atoms with E-state index < -0.39 is 0 Å². The molecule has 6 unspecified atom stereocenters. The van der Waals surface area contributed by atoms with Crippen LogP contribution in [0.3, 0.4) is 0 Å². The molecule has 0 radical (unpaired) electrons. The van der Waals surface area contributed by atoms with E-state index in [4.69, 9.17) is 0 Å². The number of benzene rings is 4. The standard InChI is InChI=1S/C31H46BN.C29H42BN.C25H34BN.C23H30BN/c1-7-9-11-13-17-27-23-31(30-19-15-14-18-29(27)30)32(33(24(3)4)25(5)6)28-21-20-26(22-28)16-12-10-8-2;1-7-9-10-11-15-25-21-29(28-17-13-12-16-27(25)28)30(31(22(3)4)23(5)6)26-19-18-24(20-26)14-8-2;1-6-7-8-11-21-14-16-23(18-21)26(27(19(2)3)20(4)5)25-17-15-22-12-9-10-13-24(22)25;1-6-9-19-12-14-21(16-19)24(25(17(2)3)18(4)5)23-15-13-20-10-7-8-11-22(20)23/h8,14-15,18-25,27-28H,2,7,9-13,16-17H2,1,3-6H3;8,12-13,16-23,25-26H,2,7,9-11,14-15H2,1,3-6H3;6,9-10,12-14,16-20,23H,1,7-8,11,15H2,2-5H3;6-8,10-12,14-18,21H,1,9,13H2,2-5H3. The summed E-state index contributed by atoms with van der Waals surface area (Å²) < 4.78 is 0. The third-order valence-corrected chi connectivity index (χ3v) is 25.6. The summed E-state index contributed by atoms with van der Waals surface area (Å²) in [5.41, 5.74) is 23.8. The summed E-state index contributed by atoms with van der Waals surface area (Å²) >= 11 is 0. The zero-order valence-electron chi connectivity index (χ0n) is 75.9. The molecule has 0 N–H and O–H groups in total. The fourth-order valence-electron chi connectivity index (χ4n) is 20.9. The summed E-state index contributed by atoms with van der Waals surface area (Å²) in [7, 11) is 0. The maximum Gasteiger partial charge on any atom is 0.269 e. The average Bonchev–Trinajstić information content (AvgIpc) is 1.63. The maximum atomic E-state index is 3.95. The Kier molecular flexibility index (Phi) is 37.1. The number of nitrogens with zero attached hydrogens (tertiary/aromatic N) is 4. The highest BCUT2D eigenvalue weighted by atomic mass is 15.1. The van der Waals surface area contributed by atoms with Crippen molar-refractivity contribution < 1.29 is 0 Å². The van der Waals surface area contributed by atoms with Crippen LogP contribution in [-0.4, -0.2) is 95.0 Å². The van der Waals surface area contributed by atoms with Crippen molar-refractivity contribution in [1.82, 2.24) is 19.2 Å². The van der Waals surface area contributed by atoms with Crippen molar-refractivity contribution in [3.63, 3.8) is 0 Å². The molecule has 0 saturated heterocycles. The SMILES string of the molecule is C=CCC1=CC(B(C2=CC(CCCCCC)c3ccccc32)N(C(C)C)C(C)C)C=C1.C=CCC1=CC(B(C2=CCc3ccccc32)N(C(C)C)C(C)C)C=C1.C=CCCCC1=CC(B(C2=CC(CCCCCC)c3ccccc32)N(C(C)C)C(C)C)C=C1.C=CCCCC1=CC(B(C2=CCc3ccccc32)N(C(C)C)C(C)C)C=C1. The second kappa shape index (κ2) is 46.4. The van der Waals surface area contributed by atoms with E-state index in [0.717, 1.165) is 51.4 Å². The van der Waals surface area contributed by atoms with Crippen molar-refractivity contribution in [3.05, 3.63) is 312 Å². The number of fused-ring (bicyclic) bond motifs is 4. The first-order valence-electron chi connectivity index (χ1n) is 46.3. The van der Waals surface area contributed by atoms with E-state index >= 15 is 0 Å². The van der Waals surface area contributed by atoms with Gasteiger partial charge in [-0.1, -0.05) is 428 Å². The van der Waals surface area contributed by atoms with Crippen LogP contribution in [0.2, 0.25) is 23.3 Å². The molecule has 0 spiro atoms. The van der Waals surface area contributed by atoms with Gasteiger partial charge in [0.05, 0.1) is 0 Å². The summed E-state index contributed by atoms with van der Waals surface area (Å²) in [4.78, 5) is 10.9. The number of hydrogen-bond donors (Lipinski definition) is 0. The first-order valence-corrected chi connectivity index (χ1v) is 46.3. The van der Waals surface area contributed by atoms with Crippen LogP contribution in [0.25, 0.3) is 21.9 Å². The Morgan fingerprint density at radius 3 is 0.931 bits per heavy atom. The van der Waals surface area contributed by atoms with Crippen molar-refractivity contribution in [2.45, 2.75) is 336 Å². The van der Waals surface area contributed by atoms with E-state index in [1.165, 1.54) is 144 Å². The zero-order chi connectivity index (χ0) is 83.5. The van der Waals surface area contributed by atoms with Crippen molar-refractivity contribution in [1.29, 1.82) is 0 Å². The molecule has 0 aromatic heterocycles. The first-order chi connectivity index (χ1) is 56.0. The van der Waals surface area contributed by atoms with Crippen molar-refractivity contribution in [2.75, 3.05) is 0 Å². The van der Waals surface area contributed by atoms with Crippen LogP contribution < -0.4 is 0 Å². The van der Waals surface area contributed by atoms with Crippen molar-refractivity contribution in [3.8, 4) is 0 Å². The molecule has 0 amide bonds. The second-order valence-corrected chi connectivity index (χ2v) is 36.7. The fraction of sp³-hybridized carbons (Fsp3) is 0.481. The minimum Gasteiger partial charge on any atom is -0.333 e. The quantitative estimate of drug-likeness (QED) is 0.0249. The molecule has 4 aromatic carbocycles. The van der Waals surface area contributed by atoms with Gasteiger partial charge in [0.15, 0.2) is 0 Å². The van der Waals surface area contributed by atoms with Gasteiger partial charge in [0, 0.05) is 11.8 Å². The third-order valence-electron chi connectivity index (χ3n) is 25.6. The molecule has 116 heavy (non-hydrogen) atoms. The minimum atomic E-state index is 0.375. The van der Waals surface area contributed by atoms with E-state index in [1.54, 1.807) is 22.1 Å². The molecule has 4 nitrogen and oxygen atoms in total. The van der Waals surface area contributed by atoms with E-state index in [0.29, 0.717) is 111 Å². The molecule has 8 aliphatic carbocycles. The van der Waals surface area contributed by atoms with Gasteiger partial charge in [0.25, 0.3) is 27.4 Å². The highest BCUT2D eigenvalue weighted by Gasteiger charge is 2.45. The lowest BCUT2D eigenvalue weighted by molar-refractivity contribution is 0.305. The lowest BCUT2D eigenvalue weighted by Gasteiger charge is -2.39. The average molecular weight is 1550 g/mol. The molecule has 4 aromatic rings. The molecule has 0 heterocycles. The van der Waals surface area contributed by atoms with Gasteiger partial charge in [-0.05, 0) is 204 Å². The van der Waals surface area contributed by atoms with Gasteiger partial charge in [-0.3, -0.25) is 0 Å². The highest BCUT2D eigenvalue weighted by molar-refractivity contribution is 6.81. The van der Waals surface area contributed by atoms with Gasteiger partial charge in [-0.25, -0.2) is 0 Å². The van der Waals surface area contributed by atoms with Crippen LogP contribution in [0.1, 0.15) is 297 Å². The van der Waals surface area contributed by atoms with Crippen LogP contribution in [0, 0.1) is 0 Å². The van der Waals surface area contributed by atoms with Gasteiger partial charge in [-0.2, -0.15) is 0 Å². The number of rotatable bonds is 42. The van der Waals surface area contributed by atoms with E-state index in [9.17, 15) is 0 Å². The Morgan fingerprint density at radius 1 is 0.328 bits per heavy atom. The molecule has 0 bridgehead atoms.